The Bertz CT molecular complexity index is 1240. The predicted octanol–water partition coefficient (Wildman–Crippen LogP) is 5.14. The Morgan fingerprint density at radius 1 is 0.970 bits per heavy atom. The molecule has 11 heteroatoms. The van der Waals surface area contributed by atoms with Crippen molar-refractivity contribution in [3.63, 3.8) is 0 Å². The van der Waals surface area contributed by atoms with Gasteiger partial charge in [-0.25, -0.2) is 13.8 Å². The van der Waals surface area contributed by atoms with E-state index in [1.165, 1.54) is 32.0 Å². The zero-order valence-corrected chi connectivity index (χ0v) is 17.2. The molecule has 3 aromatic rings. The molecule has 0 spiro atoms. The van der Waals surface area contributed by atoms with Crippen LogP contribution in [-0.4, -0.2) is 16.8 Å². The molecule has 0 aliphatic rings. The summed E-state index contributed by atoms with van der Waals surface area (Å²) in [6, 6.07) is 5.90. The van der Waals surface area contributed by atoms with Gasteiger partial charge in [0.25, 0.3) is 11.8 Å². The number of hydrogen-bond donors (Lipinski definition) is 2. The van der Waals surface area contributed by atoms with Gasteiger partial charge in [0, 0.05) is 0 Å². The van der Waals surface area contributed by atoms with Crippen LogP contribution in [0.3, 0.4) is 0 Å². The van der Waals surface area contributed by atoms with Crippen LogP contribution in [0.25, 0.3) is 0 Å². The van der Waals surface area contributed by atoms with Crippen LogP contribution in [0.4, 0.5) is 27.6 Å². The molecule has 1 aromatic heterocycles. The van der Waals surface area contributed by atoms with E-state index in [1.807, 2.05) is 0 Å². The maximum atomic E-state index is 14.9. The summed E-state index contributed by atoms with van der Waals surface area (Å²) in [7, 11) is 0. The number of aromatic nitrogens is 1. The summed E-state index contributed by atoms with van der Waals surface area (Å²) in [6.07, 6.45) is -4.05. The minimum absolute atomic E-state index is 0.0228. The van der Waals surface area contributed by atoms with Crippen molar-refractivity contribution < 1.29 is 36.3 Å². The van der Waals surface area contributed by atoms with Gasteiger partial charge in [-0.1, -0.05) is 0 Å². The van der Waals surface area contributed by atoms with E-state index in [0.717, 1.165) is 18.3 Å². The van der Waals surface area contributed by atoms with Crippen LogP contribution in [0.2, 0.25) is 0 Å². The van der Waals surface area contributed by atoms with E-state index in [9.17, 15) is 31.5 Å². The number of nitrogens with one attached hydrogen (secondary N) is 1. The zero-order valence-electron chi connectivity index (χ0n) is 17.2. The normalized spacial score (nSPS) is 11.2. The number of carbonyl (C=O) groups is 2. The van der Waals surface area contributed by atoms with Crippen molar-refractivity contribution in [2.75, 3.05) is 5.32 Å². The van der Waals surface area contributed by atoms with E-state index >= 15 is 0 Å². The van der Waals surface area contributed by atoms with Crippen LogP contribution in [0.15, 0.2) is 42.6 Å². The van der Waals surface area contributed by atoms with Crippen molar-refractivity contribution in [2.45, 2.75) is 20.0 Å². The summed E-state index contributed by atoms with van der Waals surface area (Å²) in [5.74, 6) is -4.99. The highest BCUT2D eigenvalue weighted by Crippen LogP contribution is 2.38. The molecule has 0 radical (unpaired) electrons. The molecule has 172 valence electrons. The summed E-state index contributed by atoms with van der Waals surface area (Å²) >= 11 is 0. The molecule has 0 fully saturated rings. The highest BCUT2D eigenvalue weighted by atomic mass is 19.4. The summed E-state index contributed by atoms with van der Waals surface area (Å²) in [4.78, 5) is 27.6. The zero-order chi connectivity index (χ0) is 24.5. The van der Waals surface area contributed by atoms with Crippen molar-refractivity contribution >= 4 is 17.5 Å². The fourth-order valence-electron chi connectivity index (χ4n) is 2.87. The number of primary amides is 1. The summed E-state index contributed by atoms with van der Waals surface area (Å²) < 4.78 is 73.9. The van der Waals surface area contributed by atoms with Gasteiger partial charge < -0.3 is 15.8 Å². The van der Waals surface area contributed by atoms with Gasteiger partial charge >= 0.3 is 6.18 Å². The first-order chi connectivity index (χ1) is 15.4. The lowest BCUT2D eigenvalue weighted by molar-refractivity contribution is -0.140. The molecule has 0 unspecified atom stereocenters. The number of anilines is 1. The van der Waals surface area contributed by atoms with Gasteiger partial charge in [0.2, 0.25) is 0 Å². The molecule has 33 heavy (non-hydrogen) atoms. The number of nitrogens with zero attached hydrogens (tertiary/aromatic N) is 1. The number of benzene rings is 2. The van der Waals surface area contributed by atoms with Crippen molar-refractivity contribution in [2.24, 2.45) is 5.73 Å². The fraction of sp³-hybridized carbons (Fsp3) is 0.136. The molecule has 2 aromatic carbocycles. The van der Waals surface area contributed by atoms with Crippen LogP contribution in [-0.2, 0) is 6.18 Å². The SMILES string of the molecule is Cc1c(F)ccc(Oc2ccc(C(F)(F)F)c(F)c2C(=O)Nc2ccc(C(N)=O)nc2)c1C. The minimum atomic E-state index is -5.08. The second-order valence-electron chi connectivity index (χ2n) is 6.95. The fourth-order valence-corrected chi connectivity index (χ4v) is 2.87. The lowest BCUT2D eigenvalue weighted by atomic mass is 10.1. The van der Waals surface area contributed by atoms with E-state index in [2.05, 4.69) is 10.3 Å². The van der Waals surface area contributed by atoms with Gasteiger partial charge in [0.05, 0.1) is 17.4 Å². The summed E-state index contributed by atoms with van der Waals surface area (Å²) in [6.45, 7) is 2.96. The quantitative estimate of drug-likeness (QED) is 0.511. The molecule has 0 aliphatic carbocycles. The lowest BCUT2D eigenvalue weighted by Gasteiger charge is -2.17. The summed E-state index contributed by atoms with van der Waals surface area (Å²) in [5, 5.41) is 2.20. The first-order valence-corrected chi connectivity index (χ1v) is 9.30. The number of rotatable bonds is 5. The molecule has 0 aliphatic heterocycles. The van der Waals surface area contributed by atoms with Gasteiger partial charge in [0.1, 0.15) is 28.6 Å². The summed E-state index contributed by atoms with van der Waals surface area (Å²) in [5.41, 5.74) is 2.74. The third kappa shape index (κ3) is 4.92. The van der Waals surface area contributed by atoms with Crippen molar-refractivity contribution in [3.05, 3.63) is 82.2 Å². The monoisotopic (exact) mass is 465 g/mol. The second kappa shape index (κ2) is 8.85. The van der Waals surface area contributed by atoms with Crippen LogP contribution < -0.4 is 15.8 Å². The van der Waals surface area contributed by atoms with E-state index < -0.39 is 46.5 Å². The number of alkyl halides is 3. The lowest BCUT2D eigenvalue weighted by Crippen LogP contribution is -2.19. The van der Waals surface area contributed by atoms with Crippen LogP contribution in [0, 0.1) is 25.5 Å². The number of nitrogens with two attached hydrogens (primary N) is 1. The van der Waals surface area contributed by atoms with Gasteiger partial charge in [-0.3, -0.25) is 9.59 Å². The van der Waals surface area contributed by atoms with E-state index in [4.69, 9.17) is 10.5 Å². The molecule has 6 nitrogen and oxygen atoms in total. The van der Waals surface area contributed by atoms with Gasteiger partial charge in [-0.05, 0) is 61.4 Å². The van der Waals surface area contributed by atoms with Crippen molar-refractivity contribution in [1.29, 1.82) is 0 Å². The van der Waals surface area contributed by atoms with Crippen LogP contribution >= 0.6 is 0 Å². The van der Waals surface area contributed by atoms with E-state index in [0.29, 0.717) is 11.6 Å². The molecule has 0 atom stereocenters. The first-order valence-electron chi connectivity index (χ1n) is 9.30. The Labute approximate surface area is 184 Å². The van der Waals surface area contributed by atoms with Crippen molar-refractivity contribution in [3.8, 4) is 11.5 Å². The van der Waals surface area contributed by atoms with E-state index in [1.54, 1.807) is 0 Å². The Morgan fingerprint density at radius 2 is 1.64 bits per heavy atom. The molecular formula is C22H16F5N3O3. The molecule has 3 rings (SSSR count). The molecule has 2 amide bonds. The maximum Gasteiger partial charge on any atom is 0.419 e. The Morgan fingerprint density at radius 3 is 2.21 bits per heavy atom. The maximum absolute atomic E-state index is 14.9. The molecule has 1 heterocycles. The average Bonchev–Trinajstić information content (AvgIpc) is 2.73. The Kier molecular flexibility index (Phi) is 6.34. The molecule has 0 saturated carbocycles. The molecule has 3 N–H and O–H groups in total. The number of carbonyl (C=O) groups excluding carboxylic acids is 2. The molecular weight excluding hydrogens is 449 g/mol. The average molecular weight is 465 g/mol. The Hall–Kier alpha value is -4.02. The number of amides is 2. The number of ether oxygens (including phenoxy) is 1. The highest BCUT2D eigenvalue weighted by Gasteiger charge is 2.37. The second-order valence-corrected chi connectivity index (χ2v) is 6.95. The minimum Gasteiger partial charge on any atom is -0.456 e. The van der Waals surface area contributed by atoms with Gasteiger partial charge in [-0.2, -0.15) is 13.2 Å². The smallest absolute Gasteiger partial charge is 0.419 e. The standard InChI is InChI=1S/C22H16F5N3O3/c1-10-11(2)16(8-5-14(10)23)33-17-7-4-13(22(25,26)27)19(24)18(17)21(32)30-12-3-6-15(20(28)31)29-9-12/h3-9H,1-2H3,(H2,28,31)(H,30,32). The van der Waals surface area contributed by atoms with Crippen LogP contribution in [0.1, 0.15) is 37.5 Å². The third-order valence-electron chi connectivity index (χ3n) is 4.80. The van der Waals surface area contributed by atoms with Crippen molar-refractivity contribution in [1.82, 2.24) is 4.98 Å². The predicted molar refractivity (Wildman–Crippen MR) is 108 cm³/mol. The number of hydrogen-bond acceptors (Lipinski definition) is 4. The third-order valence-corrected chi connectivity index (χ3v) is 4.80. The Balaban J connectivity index is 2.06. The molecule has 0 saturated heterocycles. The molecule has 0 bridgehead atoms. The van der Waals surface area contributed by atoms with Gasteiger partial charge in [0.15, 0.2) is 5.82 Å². The topological polar surface area (TPSA) is 94.3 Å². The number of halogens is 5. The van der Waals surface area contributed by atoms with E-state index in [-0.39, 0.29) is 22.7 Å². The first kappa shape index (κ1) is 23.6. The van der Waals surface area contributed by atoms with Crippen LogP contribution in [0.5, 0.6) is 11.5 Å². The largest absolute Gasteiger partial charge is 0.456 e. The highest BCUT2D eigenvalue weighted by molar-refractivity contribution is 6.06. The van der Waals surface area contributed by atoms with Gasteiger partial charge in [-0.15, -0.1) is 0 Å². The number of pyridine rings is 1.